The first-order valence-electron chi connectivity index (χ1n) is 13.9. The average molecular weight is 647 g/mol. The summed E-state index contributed by atoms with van der Waals surface area (Å²) in [6.07, 6.45) is 3.91. The van der Waals surface area contributed by atoms with Gasteiger partial charge in [-0.1, -0.05) is 64.9 Å². The maximum Gasteiger partial charge on any atom is 0.338 e. The van der Waals surface area contributed by atoms with Gasteiger partial charge in [0.1, 0.15) is 0 Å². The standard InChI is InChI=1S/C33H25Cl2N3O5S/c1-3-41-32(40)29-18(2)36-33-38(30(29)20-9-11-26-27(13-20)43-17-42-26)31(39)28(44-33)14-21-16-37(25-7-5-4-6-22(21)25)15-19-8-10-23(34)24(35)12-19/h4-14,16,30H,3,15,17H2,1-2H3/b28-14+/t30-/m0/s1. The number of aromatic nitrogens is 2. The Morgan fingerprint density at radius 2 is 1.91 bits per heavy atom. The van der Waals surface area contributed by atoms with Crippen LogP contribution >= 0.6 is 34.5 Å². The lowest BCUT2D eigenvalue weighted by Crippen LogP contribution is -2.39. The van der Waals surface area contributed by atoms with Crippen LogP contribution in [0.1, 0.15) is 36.6 Å². The Balaban J connectivity index is 1.37. The number of carbonyl (C=O) groups excluding carboxylic acids is 1. The number of hydrogen-bond acceptors (Lipinski definition) is 7. The Kier molecular flexibility index (Phi) is 7.32. The summed E-state index contributed by atoms with van der Waals surface area (Å²) < 4.78 is 20.7. The molecule has 7 rings (SSSR count). The summed E-state index contributed by atoms with van der Waals surface area (Å²) in [6, 6.07) is 18.3. The van der Waals surface area contributed by atoms with Crippen molar-refractivity contribution < 1.29 is 19.0 Å². The van der Waals surface area contributed by atoms with Gasteiger partial charge in [-0.25, -0.2) is 9.79 Å². The van der Waals surface area contributed by atoms with Crippen molar-refractivity contribution in [3.8, 4) is 11.5 Å². The summed E-state index contributed by atoms with van der Waals surface area (Å²) in [4.78, 5) is 32.6. The van der Waals surface area contributed by atoms with E-state index in [0.717, 1.165) is 22.0 Å². The van der Waals surface area contributed by atoms with Crippen LogP contribution in [0.25, 0.3) is 17.0 Å². The maximum atomic E-state index is 14.2. The fourth-order valence-corrected chi connectivity index (χ4v) is 7.05. The van der Waals surface area contributed by atoms with Crippen LogP contribution in [0.4, 0.5) is 0 Å². The van der Waals surface area contributed by atoms with Gasteiger partial charge in [0.15, 0.2) is 16.3 Å². The van der Waals surface area contributed by atoms with E-state index in [1.54, 1.807) is 36.6 Å². The first-order valence-corrected chi connectivity index (χ1v) is 15.5. The van der Waals surface area contributed by atoms with Crippen molar-refractivity contribution in [2.24, 2.45) is 4.99 Å². The topological polar surface area (TPSA) is 84.1 Å². The summed E-state index contributed by atoms with van der Waals surface area (Å²) in [5.41, 5.74) is 4.13. The van der Waals surface area contributed by atoms with Gasteiger partial charge in [-0.05, 0) is 61.4 Å². The molecule has 0 amide bonds. The van der Waals surface area contributed by atoms with Gasteiger partial charge in [-0.3, -0.25) is 9.36 Å². The number of thiazole rings is 1. The minimum Gasteiger partial charge on any atom is -0.463 e. The molecule has 0 radical (unpaired) electrons. The van der Waals surface area contributed by atoms with Crippen molar-refractivity contribution in [2.45, 2.75) is 26.4 Å². The highest BCUT2D eigenvalue weighted by atomic mass is 35.5. The van der Waals surface area contributed by atoms with Gasteiger partial charge >= 0.3 is 5.97 Å². The number of allylic oxidation sites excluding steroid dienone is 1. The largest absolute Gasteiger partial charge is 0.463 e. The van der Waals surface area contributed by atoms with Crippen LogP contribution in [0.15, 0.2) is 87.9 Å². The van der Waals surface area contributed by atoms with Gasteiger partial charge in [-0.2, -0.15) is 0 Å². The second kappa shape index (κ2) is 11.3. The van der Waals surface area contributed by atoms with Crippen LogP contribution in [0.2, 0.25) is 10.0 Å². The Labute approximate surface area is 265 Å². The molecule has 8 nitrogen and oxygen atoms in total. The van der Waals surface area contributed by atoms with Crippen molar-refractivity contribution in [3.05, 3.63) is 125 Å². The smallest absolute Gasteiger partial charge is 0.338 e. The first-order chi connectivity index (χ1) is 21.3. The zero-order valence-electron chi connectivity index (χ0n) is 23.7. The molecule has 11 heteroatoms. The Morgan fingerprint density at radius 3 is 2.73 bits per heavy atom. The van der Waals surface area contributed by atoms with Crippen LogP contribution in [0, 0.1) is 0 Å². The number of benzene rings is 3. The fraction of sp³-hybridized carbons (Fsp3) is 0.182. The summed E-state index contributed by atoms with van der Waals surface area (Å²) in [5.74, 6) is 0.644. The molecular weight excluding hydrogens is 621 g/mol. The lowest BCUT2D eigenvalue weighted by atomic mass is 9.95. The van der Waals surface area contributed by atoms with Crippen molar-refractivity contribution in [1.29, 1.82) is 0 Å². The van der Waals surface area contributed by atoms with Crippen molar-refractivity contribution in [2.75, 3.05) is 13.4 Å². The number of halogens is 2. The highest BCUT2D eigenvalue weighted by molar-refractivity contribution is 7.07. The molecule has 2 aliphatic heterocycles. The SMILES string of the molecule is CCOC(=O)C1=C(C)N=c2s/c(=C/c3cn(Cc4ccc(Cl)c(Cl)c4)c4ccccc34)c(=O)n2[C@H]1c1ccc2c(c1)OCO2. The Morgan fingerprint density at radius 1 is 1.09 bits per heavy atom. The molecule has 0 saturated carbocycles. The summed E-state index contributed by atoms with van der Waals surface area (Å²) in [5, 5.41) is 2.00. The van der Waals surface area contributed by atoms with Crippen molar-refractivity contribution in [1.82, 2.24) is 9.13 Å². The van der Waals surface area contributed by atoms with Crippen LogP contribution in [-0.4, -0.2) is 28.5 Å². The molecule has 0 unspecified atom stereocenters. The van der Waals surface area contributed by atoms with E-state index in [0.29, 0.717) is 54.3 Å². The quantitative estimate of drug-likeness (QED) is 0.217. The number of rotatable bonds is 6. The number of hydrogen-bond donors (Lipinski definition) is 0. The van der Waals surface area contributed by atoms with Gasteiger partial charge in [0.2, 0.25) is 6.79 Å². The third-order valence-corrected chi connectivity index (χ3v) is 9.39. The van der Waals surface area contributed by atoms with Gasteiger partial charge in [0.05, 0.1) is 38.5 Å². The molecule has 4 heterocycles. The molecule has 5 aromatic rings. The van der Waals surface area contributed by atoms with Gasteiger partial charge < -0.3 is 18.8 Å². The zero-order chi connectivity index (χ0) is 30.5. The molecule has 44 heavy (non-hydrogen) atoms. The monoisotopic (exact) mass is 645 g/mol. The average Bonchev–Trinajstić information content (AvgIpc) is 3.70. The zero-order valence-corrected chi connectivity index (χ0v) is 26.0. The number of fused-ring (bicyclic) bond motifs is 3. The van der Waals surface area contributed by atoms with Gasteiger partial charge in [0.25, 0.3) is 5.56 Å². The minimum atomic E-state index is -0.752. The first kappa shape index (κ1) is 28.5. The molecule has 2 aliphatic rings. The maximum absolute atomic E-state index is 14.2. The number of para-hydroxylation sites is 1. The van der Waals surface area contributed by atoms with Crippen LogP contribution < -0.4 is 24.4 Å². The predicted molar refractivity (Wildman–Crippen MR) is 170 cm³/mol. The van der Waals surface area contributed by atoms with Crippen molar-refractivity contribution >= 4 is 57.5 Å². The van der Waals surface area contributed by atoms with E-state index in [4.69, 9.17) is 42.4 Å². The second-order valence-corrected chi connectivity index (χ2v) is 12.2. The number of nitrogens with zero attached hydrogens (tertiary/aromatic N) is 3. The molecule has 0 bridgehead atoms. The minimum absolute atomic E-state index is 0.111. The summed E-state index contributed by atoms with van der Waals surface area (Å²) in [6.45, 7) is 4.38. The summed E-state index contributed by atoms with van der Waals surface area (Å²) in [7, 11) is 0. The Bertz CT molecular complexity index is 2200. The molecule has 0 fully saturated rings. The highest BCUT2D eigenvalue weighted by Crippen LogP contribution is 2.38. The van der Waals surface area contributed by atoms with Gasteiger partial charge in [-0.15, -0.1) is 0 Å². The number of ether oxygens (including phenoxy) is 3. The van der Waals surface area contributed by atoms with Crippen LogP contribution in [0.3, 0.4) is 0 Å². The van der Waals surface area contributed by atoms with Crippen LogP contribution in [0.5, 0.6) is 11.5 Å². The Hall–Kier alpha value is -4.31. The molecule has 0 N–H and O–H groups in total. The molecule has 0 spiro atoms. The molecule has 1 atom stereocenters. The molecule has 0 saturated heterocycles. The molecule has 222 valence electrons. The van der Waals surface area contributed by atoms with Crippen molar-refractivity contribution in [3.63, 3.8) is 0 Å². The van der Waals surface area contributed by atoms with E-state index >= 15 is 0 Å². The lowest BCUT2D eigenvalue weighted by molar-refractivity contribution is -0.139. The molecule has 0 aliphatic carbocycles. The van der Waals surface area contributed by atoms with E-state index in [9.17, 15) is 9.59 Å². The van der Waals surface area contributed by atoms with E-state index in [1.165, 1.54) is 11.3 Å². The molecular formula is C33H25Cl2N3O5S. The van der Waals surface area contributed by atoms with Crippen LogP contribution in [-0.2, 0) is 16.1 Å². The van der Waals surface area contributed by atoms with Gasteiger partial charge in [0, 0.05) is 29.2 Å². The fourth-order valence-electron chi connectivity index (χ4n) is 5.69. The molecule has 2 aromatic heterocycles. The normalized spacial score (nSPS) is 15.9. The molecule has 3 aromatic carbocycles. The van der Waals surface area contributed by atoms with E-state index in [2.05, 4.69) is 4.57 Å². The summed E-state index contributed by atoms with van der Waals surface area (Å²) >= 11 is 13.7. The third kappa shape index (κ3) is 4.91. The number of carbonyl (C=O) groups is 1. The number of esters is 1. The van der Waals surface area contributed by atoms with E-state index in [1.807, 2.05) is 54.7 Å². The highest BCUT2D eigenvalue weighted by Gasteiger charge is 2.34. The van der Waals surface area contributed by atoms with E-state index in [-0.39, 0.29) is 19.0 Å². The second-order valence-electron chi connectivity index (χ2n) is 10.4. The van der Waals surface area contributed by atoms with E-state index < -0.39 is 12.0 Å². The third-order valence-electron chi connectivity index (χ3n) is 7.67. The predicted octanol–water partition coefficient (Wildman–Crippen LogP) is 5.84. The lowest BCUT2D eigenvalue weighted by Gasteiger charge is -2.24.